The summed E-state index contributed by atoms with van der Waals surface area (Å²) in [7, 11) is 0. The lowest BCUT2D eigenvalue weighted by molar-refractivity contribution is 0.0696. The number of carbonyl (C=O) groups excluding carboxylic acids is 1. The van der Waals surface area contributed by atoms with Gasteiger partial charge in [-0.1, -0.05) is 85.2 Å². The van der Waals surface area contributed by atoms with Crippen LogP contribution in [0.4, 0.5) is 5.69 Å². The minimum Gasteiger partial charge on any atom is -0.489 e. The molecule has 0 saturated heterocycles. The van der Waals surface area contributed by atoms with Crippen LogP contribution in [-0.2, 0) is 13.2 Å². The third-order valence-electron chi connectivity index (χ3n) is 7.45. The van der Waals surface area contributed by atoms with Crippen LogP contribution in [0, 0.1) is 13.8 Å². The zero-order chi connectivity index (χ0) is 31.4. The van der Waals surface area contributed by atoms with Gasteiger partial charge in [-0.15, -0.1) is 0 Å². The van der Waals surface area contributed by atoms with Gasteiger partial charge in [0.05, 0.1) is 28.3 Å². The van der Waals surface area contributed by atoms with Crippen molar-refractivity contribution in [2.75, 3.05) is 4.90 Å². The first kappa shape index (κ1) is 30.6. The number of aromatic carboxylic acids is 1. The Bertz CT molecular complexity index is 1790. The van der Waals surface area contributed by atoms with Gasteiger partial charge in [0, 0.05) is 17.2 Å². The molecule has 224 valence electrons. The lowest BCUT2D eigenvalue weighted by atomic mass is 9.95. The monoisotopic (exact) mass is 608 g/mol. The third kappa shape index (κ3) is 6.53. The molecule has 0 atom stereocenters. The molecule has 0 bridgehead atoms. The van der Waals surface area contributed by atoms with E-state index < -0.39 is 5.97 Å². The number of benzene rings is 4. The Hall–Kier alpha value is -4.88. The molecule has 7 nitrogen and oxygen atoms in total. The van der Waals surface area contributed by atoms with Crippen LogP contribution in [0.25, 0.3) is 11.3 Å². The number of aromatic nitrogens is 1. The Balaban J connectivity index is 1.43. The molecule has 0 spiro atoms. The van der Waals surface area contributed by atoms with Crippen LogP contribution in [0.5, 0.6) is 5.75 Å². The number of rotatable bonds is 10. The summed E-state index contributed by atoms with van der Waals surface area (Å²) in [4.78, 5) is 27.1. The van der Waals surface area contributed by atoms with Crippen LogP contribution < -0.4 is 9.64 Å². The zero-order valence-electron chi connectivity index (χ0n) is 25.0. The second kappa shape index (κ2) is 13.2. The highest BCUT2D eigenvalue weighted by atomic mass is 35.5. The predicted octanol–water partition coefficient (Wildman–Crippen LogP) is 8.86. The van der Waals surface area contributed by atoms with Crippen LogP contribution in [0.3, 0.4) is 0 Å². The van der Waals surface area contributed by atoms with Gasteiger partial charge in [-0.3, -0.25) is 4.79 Å². The molecule has 0 saturated carbocycles. The quantitative estimate of drug-likeness (QED) is 0.170. The van der Waals surface area contributed by atoms with E-state index in [1.807, 2.05) is 76.2 Å². The molecule has 0 aliphatic heterocycles. The summed E-state index contributed by atoms with van der Waals surface area (Å²) in [6.45, 7) is 8.61. The number of amides is 1. The van der Waals surface area contributed by atoms with Crippen molar-refractivity contribution >= 4 is 29.2 Å². The molecular formula is C36H33ClN2O5. The average molecular weight is 609 g/mol. The summed E-state index contributed by atoms with van der Waals surface area (Å²) >= 11 is 6.70. The Morgan fingerprint density at radius 3 is 2.30 bits per heavy atom. The van der Waals surface area contributed by atoms with Gasteiger partial charge in [0.15, 0.2) is 0 Å². The molecule has 1 N–H and O–H groups in total. The number of aryl methyl sites for hydroxylation is 2. The molecule has 8 heteroatoms. The maximum absolute atomic E-state index is 13.9. The third-order valence-corrected chi connectivity index (χ3v) is 7.76. The van der Waals surface area contributed by atoms with Crippen molar-refractivity contribution in [2.24, 2.45) is 0 Å². The van der Waals surface area contributed by atoms with Gasteiger partial charge in [-0.25, -0.2) is 4.79 Å². The number of hydrogen-bond acceptors (Lipinski definition) is 5. The van der Waals surface area contributed by atoms with Gasteiger partial charge < -0.3 is 19.3 Å². The van der Waals surface area contributed by atoms with Crippen LogP contribution in [0.15, 0.2) is 95.5 Å². The molecule has 0 unspecified atom stereocenters. The smallest absolute Gasteiger partial charge is 0.335 e. The first-order chi connectivity index (χ1) is 21.1. The molecule has 44 heavy (non-hydrogen) atoms. The van der Waals surface area contributed by atoms with E-state index in [1.165, 1.54) is 17.0 Å². The Labute approximate surface area is 261 Å². The van der Waals surface area contributed by atoms with Gasteiger partial charge in [0.1, 0.15) is 23.8 Å². The minimum absolute atomic E-state index is 0.0815. The largest absolute Gasteiger partial charge is 0.489 e. The maximum atomic E-state index is 13.9. The second-order valence-corrected chi connectivity index (χ2v) is 11.4. The van der Waals surface area contributed by atoms with E-state index in [2.05, 4.69) is 5.16 Å². The highest BCUT2D eigenvalue weighted by Crippen LogP contribution is 2.35. The highest BCUT2D eigenvalue weighted by molar-refractivity contribution is 6.34. The Morgan fingerprint density at radius 2 is 1.64 bits per heavy atom. The first-order valence-electron chi connectivity index (χ1n) is 14.3. The number of anilines is 1. The molecule has 5 aromatic rings. The summed E-state index contributed by atoms with van der Waals surface area (Å²) in [5, 5.41) is 14.2. The van der Waals surface area contributed by atoms with E-state index in [9.17, 15) is 14.7 Å². The van der Waals surface area contributed by atoms with Crippen LogP contribution in [0.1, 0.15) is 68.5 Å². The van der Waals surface area contributed by atoms with Crippen molar-refractivity contribution in [3.8, 4) is 17.0 Å². The standard InChI is InChI=1S/C36H33ClN2O5/c1-22(2)34-30(33(38-44-34)32-23(3)10-8-11-24(32)4)21-43-28-16-17-29(31(37)19-28)35(40)39(20-25-12-6-5-7-13-25)27-15-9-14-26(18-27)36(41)42/h5-19,22H,20-21H2,1-4H3,(H,41,42). The highest BCUT2D eigenvalue weighted by Gasteiger charge is 2.24. The van der Waals surface area contributed by atoms with Crippen LogP contribution in [0.2, 0.25) is 5.02 Å². The lowest BCUT2D eigenvalue weighted by Crippen LogP contribution is -2.30. The molecule has 0 aliphatic rings. The fraction of sp³-hybridized carbons (Fsp3) is 0.194. The van der Waals surface area contributed by atoms with Gasteiger partial charge in [-0.05, 0) is 66.9 Å². The number of halogens is 1. The lowest BCUT2D eigenvalue weighted by Gasteiger charge is -2.24. The molecule has 5 rings (SSSR count). The minimum atomic E-state index is -1.08. The van der Waals surface area contributed by atoms with Crippen molar-refractivity contribution in [2.45, 2.75) is 46.8 Å². The summed E-state index contributed by atoms with van der Waals surface area (Å²) in [5.41, 5.74) is 6.49. The Kier molecular flexibility index (Phi) is 9.16. The summed E-state index contributed by atoms with van der Waals surface area (Å²) in [5.74, 6) is -0.116. The van der Waals surface area contributed by atoms with E-state index in [0.29, 0.717) is 11.4 Å². The van der Waals surface area contributed by atoms with Crippen LogP contribution >= 0.6 is 11.6 Å². The molecule has 0 aliphatic carbocycles. The average Bonchev–Trinajstić information content (AvgIpc) is 3.43. The number of carboxylic acids is 1. The van der Waals surface area contributed by atoms with E-state index in [-0.39, 0.29) is 41.1 Å². The molecule has 0 fully saturated rings. The normalized spacial score (nSPS) is 11.0. The van der Waals surface area contributed by atoms with Gasteiger partial charge in [0.25, 0.3) is 5.91 Å². The number of carboxylic acid groups (broad SMARTS) is 1. The molecule has 1 amide bonds. The van der Waals surface area contributed by atoms with E-state index in [0.717, 1.165) is 39.3 Å². The first-order valence-corrected chi connectivity index (χ1v) is 14.7. The topological polar surface area (TPSA) is 92.9 Å². The number of ether oxygens (including phenoxy) is 1. The van der Waals surface area contributed by atoms with Gasteiger partial charge >= 0.3 is 5.97 Å². The van der Waals surface area contributed by atoms with E-state index in [1.54, 1.807) is 30.3 Å². The Morgan fingerprint density at radius 1 is 0.932 bits per heavy atom. The van der Waals surface area contributed by atoms with Crippen LogP contribution in [-0.4, -0.2) is 22.1 Å². The number of hydrogen-bond donors (Lipinski definition) is 1. The summed E-state index contributed by atoms with van der Waals surface area (Å²) in [6.07, 6.45) is 0. The SMILES string of the molecule is Cc1cccc(C)c1-c1noc(C(C)C)c1COc1ccc(C(=O)N(Cc2ccccc2)c2cccc(C(=O)O)c2)c(Cl)c1. The number of nitrogens with zero attached hydrogens (tertiary/aromatic N) is 2. The molecule has 4 aromatic carbocycles. The van der Waals surface area contributed by atoms with Crippen molar-refractivity contribution in [3.63, 3.8) is 0 Å². The van der Waals surface area contributed by atoms with E-state index >= 15 is 0 Å². The fourth-order valence-corrected chi connectivity index (χ4v) is 5.46. The van der Waals surface area contributed by atoms with Crippen molar-refractivity contribution in [3.05, 3.63) is 135 Å². The summed E-state index contributed by atoms with van der Waals surface area (Å²) < 4.78 is 12.0. The molecular weight excluding hydrogens is 576 g/mol. The number of carbonyl (C=O) groups is 2. The fourth-order valence-electron chi connectivity index (χ4n) is 5.21. The van der Waals surface area contributed by atoms with E-state index in [4.69, 9.17) is 20.9 Å². The van der Waals surface area contributed by atoms with Gasteiger partial charge in [0.2, 0.25) is 0 Å². The van der Waals surface area contributed by atoms with Gasteiger partial charge in [-0.2, -0.15) is 0 Å². The zero-order valence-corrected chi connectivity index (χ0v) is 25.8. The molecule has 1 aromatic heterocycles. The van der Waals surface area contributed by atoms with Crippen molar-refractivity contribution < 1.29 is 24.0 Å². The molecule has 1 heterocycles. The predicted molar refractivity (Wildman–Crippen MR) is 172 cm³/mol. The summed E-state index contributed by atoms with van der Waals surface area (Å²) in [6, 6.07) is 26.8. The van der Waals surface area contributed by atoms with Crippen molar-refractivity contribution in [1.82, 2.24) is 5.16 Å². The maximum Gasteiger partial charge on any atom is 0.335 e. The molecule has 0 radical (unpaired) electrons. The second-order valence-electron chi connectivity index (χ2n) is 11.0. The van der Waals surface area contributed by atoms with Crippen molar-refractivity contribution in [1.29, 1.82) is 0 Å².